The third-order valence-electron chi connectivity index (χ3n) is 2.59. The standard InChI is InChI=1S/C10H15NO/c1-8-7-12-10(11-8)9-5-3-2-4-6-9/h7,9H,2-6H2,1H3. The van der Waals surface area contributed by atoms with E-state index in [-0.39, 0.29) is 0 Å². The van der Waals surface area contributed by atoms with E-state index in [1.165, 1.54) is 32.1 Å². The summed E-state index contributed by atoms with van der Waals surface area (Å²) in [7, 11) is 0. The van der Waals surface area contributed by atoms with Gasteiger partial charge in [0.25, 0.3) is 0 Å². The van der Waals surface area contributed by atoms with Crippen LogP contribution in [0, 0.1) is 6.92 Å². The minimum absolute atomic E-state index is 0.604. The normalized spacial score (nSPS) is 19.8. The maximum atomic E-state index is 5.39. The fourth-order valence-corrected chi connectivity index (χ4v) is 1.91. The minimum Gasteiger partial charge on any atom is -0.448 e. The third kappa shape index (κ3) is 1.52. The quantitative estimate of drug-likeness (QED) is 0.639. The Labute approximate surface area is 73.0 Å². The van der Waals surface area contributed by atoms with Crippen LogP contribution in [0.1, 0.15) is 49.6 Å². The van der Waals surface area contributed by atoms with Gasteiger partial charge in [-0.25, -0.2) is 4.98 Å². The van der Waals surface area contributed by atoms with Gasteiger partial charge in [0.2, 0.25) is 0 Å². The summed E-state index contributed by atoms with van der Waals surface area (Å²) in [4.78, 5) is 4.37. The van der Waals surface area contributed by atoms with Crippen molar-refractivity contribution in [3.05, 3.63) is 17.8 Å². The van der Waals surface area contributed by atoms with Crippen molar-refractivity contribution in [1.29, 1.82) is 0 Å². The summed E-state index contributed by atoms with van der Waals surface area (Å²) in [6.45, 7) is 1.98. The molecule has 0 saturated heterocycles. The summed E-state index contributed by atoms with van der Waals surface area (Å²) in [6.07, 6.45) is 8.35. The smallest absolute Gasteiger partial charge is 0.197 e. The highest BCUT2D eigenvalue weighted by Crippen LogP contribution is 2.31. The van der Waals surface area contributed by atoms with E-state index < -0.39 is 0 Å². The van der Waals surface area contributed by atoms with Crippen LogP contribution in [0.15, 0.2) is 10.7 Å². The first-order valence-electron chi connectivity index (χ1n) is 4.78. The zero-order valence-corrected chi connectivity index (χ0v) is 7.55. The highest BCUT2D eigenvalue weighted by molar-refractivity contribution is 4.99. The van der Waals surface area contributed by atoms with Gasteiger partial charge in [0.1, 0.15) is 6.26 Å². The van der Waals surface area contributed by atoms with E-state index in [1.807, 2.05) is 6.92 Å². The molecule has 1 aromatic heterocycles. The summed E-state index contributed by atoms with van der Waals surface area (Å²) in [5.41, 5.74) is 1.01. The second-order valence-corrected chi connectivity index (χ2v) is 3.66. The molecule has 0 aromatic carbocycles. The molecule has 66 valence electrons. The lowest BCUT2D eigenvalue weighted by Crippen LogP contribution is -2.04. The predicted molar refractivity (Wildman–Crippen MR) is 47.1 cm³/mol. The molecule has 0 spiro atoms. The van der Waals surface area contributed by atoms with Gasteiger partial charge >= 0.3 is 0 Å². The van der Waals surface area contributed by atoms with Gasteiger partial charge < -0.3 is 4.42 Å². The molecule has 0 radical (unpaired) electrons. The largest absolute Gasteiger partial charge is 0.448 e. The van der Waals surface area contributed by atoms with Crippen LogP contribution in [0.25, 0.3) is 0 Å². The van der Waals surface area contributed by atoms with E-state index in [1.54, 1.807) is 6.26 Å². The molecule has 1 fully saturated rings. The molecule has 1 saturated carbocycles. The molecule has 0 N–H and O–H groups in total. The Morgan fingerprint density at radius 3 is 2.67 bits per heavy atom. The maximum Gasteiger partial charge on any atom is 0.197 e. The minimum atomic E-state index is 0.604. The molecular weight excluding hydrogens is 150 g/mol. The van der Waals surface area contributed by atoms with E-state index in [4.69, 9.17) is 4.42 Å². The van der Waals surface area contributed by atoms with Crippen LogP contribution < -0.4 is 0 Å². The highest BCUT2D eigenvalue weighted by atomic mass is 16.3. The Hall–Kier alpha value is -0.790. The summed E-state index contributed by atoms with van der Waals surface area (Å²) in [5.74, 6) is 1.57. The molecule has 1 aliphatic rings. The fraction of sp³-hybridized carbons (Fsp3) is 0.700. The Morgan fingerprint density at radius 2 is 2.08 bits per heavy atom. The van der Waals surface area contributed by atoms with E-state index in [0.29, 0.717) is 5.92 Å². The molecule has 12 heavy (non-hydrogen) atoms. The van der Waals surface area contributed by atoms with Crippen LogP contribution in [0.4, 0.5) is 0 Å². The molecule has 1 heterocycles. The van der Waals surface area contributed by atoms with E-state index in [0.717, 1.165) is 11.6 Å². The summed E-state index contributed by atoms with van der Waals surface area (Å²) < 4.78 is 5.39. The number of rotatable bonds is 1. The lowest BCUT2D eigenvalue weighted by atomic mass is 9.89. The molecule has 0 atom stereocenters. The second-order valence-electron chi connectivity index (χ2n) is 3.66. The van der Waals surface area contributed by atoms with Crippen molar-refractivity contribution < 1.29 is 4.42 Å². The highest BCUT2D eigenvalue weighted by Gasteiger charge is 2.19. The number of aryl methyl sites for hydroxylation is 1. The topological polar surface area (TPSA) is 26.0 Å². The van der Waals surface area contributed by atoms with E-state index in [2.05, 4.69) is 4.98 Å². The molecule has 0 unspecified atom stereocenters. The fourth-order valence-electron chi connectivity index (χ4n) is 1.91. The van der Waals surface area contributed by atoms with Crippen LogP contribution in [0.3, 0.4) is 0 Å². The zero-order chi connectivity index (χ0) is 8.39. The number of hydrogen-bond acceptors (Lipinski definition) is 2. The van der Waals surface area contributed by atoms with Crippen LogP contribution in [0.2, 0.25) is 0 Å². The van der Waals surface area contributed by atoms with Crippen LogP contribution in [-0.2, 0) is 0 Å². The van der Waals surface area contributed by atoms with Crippen molar-refractivity contribution in [1.82, 2.24) is 4.98 Å². The first-order valence-corrected chi connectivity index (χ1v) is 4.78. The van der Waals surface area contributed by atoms with Crippen molar-refractivity contribution in [3.8, 4) is 0 Å². The van der Waals surface area contributed by atoms with Crippen LogP contribution in [-0.4, -0.2) is 4.98 Å². The van der Waals surface area contributed by atoms with Crippen LogP contribution >= 0.6 is 0 Å². The maximum absolute atomic E-state index is 5.39. The van der Waals surface area contributed by atoms with Gasteiger partial charge in [-0.2, -0.15) is 0 Å². The number of aromatic nitrogens is 1. The van der Waals surface area contributed by atoms with Gasteiger partial charge in [0.05, 0.1) is 5.69 Å². The molecule has 2 rings (SSSR count). The molecule has 1 aliphatic carbocycles. The Kier molecular flexibility index (Phi) is 2.15. The van der Waals surface area contributed by atoms with Gasteiger partial charge in [-0.15, -0.1) is 0 Å². The Balaban J connectivity index is 2.08. The van der Waals surface area contributed by atoms with Gasteiger partial charge in [-0.1, -0.05) is 19.3 Å². The molecule has 2 nitrogen and oxygen atoms in total. The molecule has 0 amide bonds. The second kappa shape index (κ2) is 3.30. The average Bonchev–Trinajstić information content (AvgIpc) is 2.54. The first-order chi connectivity index (χ1) is 5.86. The monoisotopic (exact) mass is 165 g/mol. The molecule has 0 aliphatic heterocycles. The Bertz CT molecular complexity index is 248. The summed E-state index contributed by atoms with van der Waals surface area (Å²) in [5, 5.41) is 0. The zero-order valence-electron chi connectivity index (χ0n) is 7.55. The predicted octanol–water partition coefficient (Wildman–Crippen LogP) is 3.03. The van der Waals surface area contributed by atoms with Crippen molar-refractivity contribution >= 4 is 0 Å². The van der Waals surface area contributed by atoms with Crippen molar-refractivity contribution in [2.24, 2.45) is 0 Å². The molecule has 0 bridgehead atoms. The average molecular weight is 165 g/mol. The van der Waals surface area contributed by atoms with Gasteiger partial charge in [-0.3, -0.25) is 0 Å². The Morgan fingerprint density at radius 1 is 1.33 bits per heavy atom. The van der Waals surface area contributed by atoms with Crippen molar-refractivity contribution in [2.45, 2.75) is 44.9 Å². The lowest BCUT2D eigenvalue weighted by Gasteiger charge is -2.17. The van der Waals surface area contributed by atoms with E-state index in [9.17, 15) is 0 Å². The SMILES string of the molecule is Cc1coc(C2CCCCC2)n1. The van der Waals surface area contributed by atoms with Gasteiger partial charge in [0.15, 0.2) is 5.89 Å². The van der Waals surface area contributed by atoms with Crippen LogP contribution in [0.5, 0.6) is 0 Å². The van der Waals surface area contributed by atoms with Crippen molar-refractivity contribution in [2.75, 3.05) is 0 Å². The number of hydrogen-bond donors (Lipinski definition) is 0. The molecule has 1 aromatic rings. The molecule has 2 heteroatoms. The van der Waals surface area contributed by atoms with Crippen molar-refractivity contribution in [3.63, 3.8) is 0 Å². The third-order valence-corrected chi connectivity index (χ3v) is 2.59. The van der Waals surface area contributed by atoms with Gasteiger partial charge in [-0.05, 0) is 19.8 Å². The lowest BCUT2D eigenvalue weighted by molar-refractivity contribution is 0.363. The number of oxazole rings is 1. The number of nitrogens with zero attached hydrogens (tertiary/aromatic N) is 1. The summed E-state index contributed by atoms with van der Waals surface area (Å²) >= 11 is 0. The molecular formula is C10H15NO. The van der Waals surface area contributed by atoms with E-state index >= 15 is 0 Å². The first kappa shape index (κ1) is 7.84. The van der Waals surface area contributed by atoms with Gasteiger partial charge in [0, 0.05) is 5.92 Å². The summed E-state index contributed by atoms with van der Waals surface area (Å²) in [6, 6.07) is 0.